The van der Waals surface area contributed by atoms with Crippen molar-refractivity contribution in [3.63, 3.8) is 0 Å². The van der Waals surface area contributed by atoms with Crippen molar-refractivity contribution >= 4 is 6.03 Å². The largest absolute Gasteiger partial charge is 0.381 e. The summed E-state index contributed by atoms with van der Waals surface area (Å²) in [6, 6.07) is 0.0312. The molecular weight excluding hydrogens is 240 g/mol. The van der Waals surface area contributed by atoms with Crippen LogP contribution in [0, 0.1) is 17.3 Å². The fourth-order valence-corrected chi connectivity index (χ4v) is 2.82. The van der Waals surface area contributed by atoms with Gasteiger partial charge in [0.25, 0.3) is 0 Å². The normalized spacial score (nSPS) is 19.8. The first-order valence-corrected chi connectivity index (χ1v) is 7.37. The molecule has 1 unspecified atom stereocenters. The lowest BCUT2D eigenvalue weighted by Gasteiger charge is -2.29. The summed E-state index contributed by atoms with van der Waals surface area (Å²) in [5, 5.41) is 3.05. The molecule has 1 N–H and O–H groups in total. The quantitative estimate of drug-likeness (QED) is 0.806. The number of ether oxygens (including phenoxy) is 1. The van der Waals surface area contributed by atoms with Crippen LogP contribution in [0.15, 0.2) is 0 Å². The van der Waals surface area contributed by atoms with Crippen LogP contribution in [0.1, 0.15) is 40.5 Å². The monoisotopic (exact) mass is 270 g/mol. The van der Waals surface area contributed by atoms with Crippen LogP contribution in [0.25, 0.3) is 0 Å². The van der Waals surface area contributed by atoms with Crippen molar-refractivity contribution < 1.29 is 9.53 Å². The van der Waals surface area contributed by atoms with E-state index < -0.39 is 0 Å². The Balaban J connectivity index is 2.29. The van der Waals surface area contributed by atoms with Crippen molar-refractivity contribution in [3.05, 3.63) is 0 Å². The molecular formula is C15H30N2O2. The third-order valence-corrected chi connectivity index (χ3v) is 3.58. The summed E-state index contributed by atoms with van der Waals surface area (Å²) in [6.45, 7) is 12.0. The molecule has 19 heavy (non-hydrogen) atoms. The van der Waals surface area contributed by atoms with Gasteiger partial charge in [0.2, 0.25) is 0 Å². The Kier molecular flexibility index (Phi) is 6.11. The molecule has 0 aromatic heterocycles. The van der Waals surface area contributed by atoms with Crippen LogP contribution in [-0.4, -0.2) is 44.3 Å². The van der Waals surface area contributed by atoms with E-state index in [9.17, 15) is 4.79 Å². The number of carbonyl (C=O) groups is 1. The SMILES string of the molecule is CC(C)CC(C)(C)CNC(=O)N(C)CC1CCOC1. The first-order valence-electron chi connectivity index (χ1n) is 7.37. The Morgan fingerprint density at radius 3 is 2.68 bits per heavy atom. The predicted octanol–water partition coefficient (Wildman–Crippen LogP) is 2.74. The van der Waals surface area contributed by atoms with E-state index >= 15 is 0 Å². The Labute approximate surface area is 117 Å². The van der Waals surface area contributed by atoms with Crippen LogP contribution < -0.4 is 5.32 Å². The molecule has 0 aromatic carbocycles. The minimum Gasteiger partial charge on any atom is -0.381 e. The number of hydrogen-bond donors (Lipinski definition) is 1. The lowest BCUT2D eigenvalue weighted by atomic mass is 9.84. The van der Waals surface area contributed by atoms with Gasteiger partial charge in [-0.15, -0.1) is 0 Å². The van der Waals surface area contributed by atoms with E-state index in [1.807, 2.05) is 7.05 Å². The van der Waals surface area contributed by atoms with Gasteiger partial charge in [0, 0.05) is 32.7 Å². The van der Waals surface area contributed by atoms with Crippen LogP contribution in [-0.2, 0) is 4.74 Å². The highest BCUT2D eigenvalue weighted by molar-refractivity contribution is 5.73. The van der Waals surface area contributed by atoms with Gasteiger partial charge in [0.05, 0.1) is 6.61 Å². The van der Waals surface area contributed by atoms with Crippen LogP contribution in [0.5, 0.6) is 0 Å². The van der Waals surface area contributed by atoms with Crippen molar-refractivity contribution in [1.82, 2.24) is 10.2 Å². The molecule has 1 saturated heterocycles. The van der Waals surface area contributed by atoms with E-state index in [-0.39, 0.29) is 11.4 Å². The third kappa shape index (κ3) is 6.28. The van der Waals surface area contributed by atoms with Gasteiger partial charge in [-0.3, -0.25) is 0 Å². The maximum absolute atomic E-state index is 12.0. The Morgan fingerprint density at radius 2 is 2.16 bits per heavy atom. The minimum absolute atomic E-state index is 0.0312. The maximum Gasteiger partial charge on any atom is 0.317 e. The number of nitrogens with zero attached hydrogens (tertiary/aromatic N) is 1. The molecule has 0 aliphatic carbocycles. The second kappa shape index (κ2) is 7.13. The molecule has 112 valence electrons. The molecule has 0 aromatic rings. The van der Waals surface area contributed by atoms with E-state index in [4.69, 9.17) is 4.74 Å². The highest BCUT2D eigenvalue weighted by Gasteiger charge is 2.23. The number of hydrogen-bond acceptors (Lipinski definition) is 2. The summed E-state index contributed by atoms with van der Waals surface area (Å²) >= 11 is 0. The molecule has 1 atom stereocenters. The van der Waals surface area contributed by atoms with Crippen LogP contribution in [0.3, 0.4) is 0 Å². The molecule has 1 rings (SSSR count). The number of urea groups is 1. The van der Waals surface area contributed by atoms with Crippen molar-refractivity contribution in [2.75, 3.05) is 33.4 Å². The topological polar surface area (TPSA) is 41.6 Å². The van der Waals surface area contributed by atoms with Crippen molar-refractivity contribution in [2.24, 2.45) is 17.3 Å². The van der Waals surface area contributed by atoms with Gasteiger partial charge < -0.3 is 15.0 Å². The Hall–Kier alpha value is -0.770. The molecule has 2 amide bonds. The number of carbonyl (C=O) groups excluding carboxylic acids is 1. The highest BCUT2D eigenvalue weighted by Crippen LogP contribution is 2.24. The third-order valence-electron chi connectivity index (χ3n) is 3.58. The van der Waals surface area contributed by atoms with Gasteiger partial charge in [0.1, 0.15) is 0 Å². The van der Waals surface area contributed by atoms with Gasteiger partial charge in [-0.25, -0.2) is 4.79 Å². The summed E-state index contributed by atoms with van der Waals surface area (Å²) in [7, 11) is 1.86. The predicted molar refractivity (Wildman–Crippen MR) is 78.2 cm³/mol. The van der Waals surface area contributed by atoms with Crippen LogP contribution in [0.4, 0.5) is 4.79 Å². The summed E-state index contributed by atoms with van der Waals surface area (Å²) in [6.07, 6.45) is 2.18. The van der Waals surface area contributed by atoms with Crippen molar-refractivity contribution in [3.8, 4) is 0 Å². The van der Waals surface area contributed by atoms with E-state index in [0.717, 1.165) is 39.1 Å². The molecule has 1 aliphatic rings. The molecule has 4 nitrogen and oxygen atoms in total. The van der Waals surface area contributed by atoms with Crippen molar-refractivity contribution in [1.29, 1.82) is 0 Å². The zero-order chi connectivity index (χ0) is 14.5. The van der Waals surface area contributed by atoms with Gasteiger partial charge in [0.15, 0.2) is 0 Å². The second-order valence-corrected chi connectivity index (χ2v) is 7.03. The highest BCUT2D eigenvalue weighted by atomic mass is 16.5. The zero-order valence-electron chi connectivity index (χ0n) is 13.2. The first kappa shape index (κ1) is 16.3. The molecule has 1 heterocycles. The lowest BCUT2D eigenvalue weighted by molar-refractivity contribution is 0.169. The zero-order valence-corrected chi connectivity index (χ0v) is 13.2. The standard InChI is InChI=1S/C15H30N2O2/c1-12(2)8-15(3,4)11-16-14(18)17(5)9-13-6-7-19-10-13/h12-13H,6-11H2,1-5H3,(H,16,18). The molecule has 1 fully saturated rings. The first-order chi connectivity index (χ1) is 8.80. The molecule has 4 heteroatoms. The molecule has 0 radical (unpaired) electrons. The Bertz CT molecular complexity index is 284. The van der Waals surface area contributed by atoms with E-state index in [1.54, 1.807) is 4.90 Å². The van der Waals surface area contributed by atoms with E-state index in [1.165, 1.54) is 0 Å². The average molecular weight is 270 g/mol. The Morgan fingerprint density at radius 1 is 1.47 bits per heavy atom. The molecule has 0 spiro atoms. The number of rotatable bonds is 6. The smallest absolute Gasteiger partial charge is 0.317 e. The van der Waals surface area contributed by atoms with Gasteiger partial charge in [-0.05, 0) is 24.2 Å². The molecule has 0 bridgehead atoms. The van der Waals surface area contributed by atoms with Crippen molar-refractivity contribution in [2.45, 2.75) is 40.5 Å². The fraction of sp³-hybridized carbons (Fsp3) is 0.933. The van der Waals surface area contributed by atoms with Gasteiger partial charge in [-0.1, -0.05) is 27.7 Å². The second-order valence-electron chi connectivity index (χ2n) is 7.03. The number of amides is 2. The van der Waals surface area contributed by atoms with E-state index in [2.05, 4.69) is 33.0 Å². The van der Waals surface area contributed by atoms with E-state index in [0.29, 0.717) is 11.8 Å². The summed E-state index contributed by atoms with van der Waals surface area (Å²) in [4.78, 5) is 13.8. The summed E-state index contributed by atoms with van der Waals surface area (Å²) < 4.78 is 5.34. The fourth-order valence-electron chi connectivity index (χ4n) is 2.82. The van der Waals surface area contributed by atoms with Gasteiger partial charge in [-0.2, -0.15) is 0 Å². The minimum atomic E-state index is 0.0312. The maximum atomic E-state index is 12.0. The number of nitrogens with one attached hydrogen (secondary N) is 1. The van der Waals surface area contributed by atoms with Crippen LogP contribution in [0.2, 0.25) is 0 Å². The average Bonchev–Trinajstić information content (AvgIpc) is 2.76. The summed E-state index contributed by atoms with van der Waals surface area (Å²) in [5.74, 6) is 1.15. The lowest BCUT2D eigenvalue weighted by Crippen LogP contribution is -2.43. The summed E-state index contributed by atoms with van der Waals surface area (Å²) in [5.41, 5.74) is 0.154. The van der Waals surface area contributed by atoms with Crippen LogP contribution >= 0.6 is 0 Å². The molecule has 1 aliphatic heterocycles. The van der Waals surface area contributed by atoms with Gasteiger partial charge >= 0.3 is 6.03 Å². The molecule has 0 saturated carbocycles.